The van der Waals surface area contributed by atoms with Crippen LogP contribution in [0.3, 0.4) is 0 Å². The lowest BCUT2D eigenvalue weighted by Gasteiger charge is -1.85. The number of benzene rings is 1. The van der Waals surface area contributed by atoms with E-state index in [0.717, 1.165) is 4.47 Å². The average molecular weight is 401 g/mol. The first-order valence-electron chi connectivity index (χ1n) is 3.78. The Labute approximate surface area is 113 Å². The van der Waals surface area contributed by atoms with Gasteiger partial charge >= 0.3 is 21.2 Å². The highest BCUT2D eigenvalue weighted by molar-refractivity contribution is 9.10. The molecule has 2 aromatic rings. The number of halogens is 3. The van der Waals surface area contributed by atoms with Crippen molar-refractivity contribution in [2.24, 2.45) is 0 Å². The summed E-state index contributed by atoms with van der Waals surface area (Å²) in [6.07, 6.45) is 0. The van der Waals surface area contributed by atoms with Gasteiger partial charge in [-0.3, -0.25) is 0 Å². The maximum atomic E-state index is 3.44. The highest BCUT2D eigenvalue weighted by Gasteiger charge is 2.15. The summed E-state index contributed by atoms with van der Waals surface area (Å²) >= 11 is 5.35. The summed E-state index contributed by atoms with van der Waals surface area (Å²) in [6.45, 7) is 0. The zero-order valence-corrected chi connectivity index (χ0v) is 12.4. The van der Waals surface area contributed by atoms with E-state index >= 15 is 0 Å². The molecule has 0 radical (unpaired) electrons. The van der Waals surface area contributed by atoms with Crippen molar-refractivity contribution in [1.29, 1.82) is 0 Å². The van der Waals surface area contributed by atoms with Gasteiger partial charge in [-0.05, 0) is 35.7 Å². The van der Waals surface area contributed by atoms with Gasteiger partial charge in [-0.25, -0.2) is 0 Å². The number of thiophene rings is 1. The van der Waals surface area contributed by atoms with Gasteiger partial charge in [-0.2, -0.15) is 0 Å². The van der Waals surface area contributed by atoms with Crippen LogP contribution in [0.4, 0.5) is 0 Å². The van der Waals surface area contributed by atoms with Gasteiger partial charge in [0.1, 0.15) is 0 Å². The summed E-state index contributed by atoms with van der Waals surface area (Å²) in [4.78, 5) is 0. The maximum Gasteiger partial charge on any atom is 0.369 e. The third-order valence-electron chi connectivity index (χ3n) is 1.49. The second kappa shape index (κ2) is 6.10. The zero-order chi connectivity index (χ0) is 9.10. The maximum absolute atomic E-state index is 3.44. The third kappa shape index (κ3) is 3.53. The first kappa shape index (κ1) is 12.5. The molecule has 0 aliphatic heterocycles. The smallest absolute Gasteiger partial charge is 0.369 e. The molecule has 4 heteroatoms. The van der Waals surface area contributed by atoms with Gasteiger partial charge < -0.3 is 12.4 Å². The second-order valence-electron chi connectivity index (χ2n) is 2.45. The molecule has 0 aliphatic carbocycles. The van der Waals surface area contributed by atoms with E-state index in [1.165, 1.54) is 6.45 Å². The summed E-state index contributed by atoms with van der Waals surface area (Å²) < 4.78 is 4.16. The summed E-state index contributed by atoms with van der Waals surface area (Å²) in [7, 11) is 0. The molecule has 0 nitrogen and oxygen atoms in total. The normalized spacial score (nSPS) is 9.50. The minimum absolute atomic E-state index is 0. The van der Waals surface area contributed by atoms with Gasteiger partial charge in [0.25, 0.3) is 0 Å². The van der Waals surface area contributed by atoms with Crippen LogP contribution < -0.4 is 33.6 Å². The molecule has 74 valence electrons. The predicted octanol–water partition coefficient (Wildman–Crippen LogP) is -2.36. The van der Waals surface area contributed by atoms with Crippen LogP contribution in [0, 0.1) is 6.45 Å². The summed E-state index contributed by atoms with van der Waals surface area (Å²) in [6, 6.07) is 13.0. The van der Waals surface area contributed by atoms with Crippen LogP contribution in [0.5, 0.6) is 0 Å². The summed E-state index contributed by atoms with van der Waals surface area (Å²) in [5, 5.41) is 2.15. The van der Waals surface area contributed by atoms with Crippen molar-refractivity contribution in [2.75, 3.05) is 0 Å². The zero-order valence-electron chi connectivity index (χ0n) is 7.08. The molecule has 0 fully saturated rings. The molecule has 0 bridgehead atoms. The van der Waals surface area contributed by atoms with Crippen LogP contribution in [0.15, 0.2) is 46.3 Å². The monoisotopic (exact) mass is 400 g/mol. The first-order chi connectivity index (χ1) is 6.34. The SMILES string of the molecule is Brc1ccc([I+]c2cccs2)cc1.[Cl-]. The van der Waals surface area contributed by atoms with Crippen LogP contribution in [0.2, 0.25) is 0 Å². The van der Waals surface area contributed by atoms with Gasteiger partial charge in [0, 0.05) is 10.5 Å². The molecule has 1 aromatic carbocycles. The molecule has 0 spiro atoms. The van der Waals surface area contributed by atoms with E-state index in [4.69, 9.17) is 0 Å². The van der Waals surface area contributed by atoms with Crippen molar-refractivity contribution < 1.29 is 33.6 Å². The standard InChI is InChI=1S/C10H7BrIS.ClH/c11-8-3-5-9(6-4-8)12-10-2-1-7-13-10;/h1-7H;1H/q+1;/p-1. The van der Waals surface area contributed by atoms with Gasteiger partial charge in [0.2, 0.25) is 2.88 Å². The molecule has 1 aromatic heterocycles. The van der Waals surface area contributed by atoms with Crippen molar-refractivity contribution >= 4 is 27.3 Å². The highest BCUT2D eigenvalue weighted by Crippen LogP contribution is 2.05. The van der Waals surface area contributed by atoms with Crippen molar-refractivity contribution in [3.63, 3.8) is 0 Å². The fourth-order valence-electron chi connectivity index (χ4n) is 0.912. The Hall–Kier alpha value is 0.420. The molecule has 0 saturated heterocycles. The second-order valence-corrected chi connectivity index (χ2v) is 7.99. The molecule has 0 N–H and O–H groups in total. The molecule has 0 saturated carbocycles. The van der Waals surface area contributed by atoms with Gasteiger partial charge in [-0.15, -0.1) is 0 Å². The summed E-state index contributed by atoms with van der Waals surface area (Å²) in [5.41, 5.74) is 0. The Bertz CT molecular complexity index is 372. The highest BCUT2D eigenvalue weighted by atomic mass is 127. The van der Waals surface area contributed by atoms with Crippen molar-refractivity contribution in [3.05, 3.63) is 52.7 Å². The minimum Gasteiger partial charge on any atom is -1.00 e. The third-order valence-corrected chi connectivity index (χ3v) is 6.19. The Kier molecular flexibility index (Phi) is 5.44. The molecule has 2 rings (SSSR count). The van der Waals surface area contributed by atoms with Crippen molar-refractivity contribution in [2.45, 2.75) is 0 Å². The average Bonchev–Trinajstić information content (AvgIpc) is 2.62. The van der Waals surface area contributed by atoms with E-state index < -0.39 is 0 Å². The molecule has 1 heterocycles. The number of hydrogen-bond acceptors (Lipinski definition) is 1. The number of rotatable bonds is 2. The predicted molar refractivity (Wildman–Crippen MR) is 55.9 cm³/mol. The van der Waals surface area contributed by atoms with Crippen LogP contribution in [0.1, 0.15) is 0 Å². The molecule has 14 heavy (non-hydrogen) atoms. The molecule has 0 atom stereocenters. The summed E-state index contributed by atoms with van der Waals surface area (Å²) in [5.74, 6) is 0. The van der Waals surface area contributed by atoms with Crippen molar-refractivity contribution in [1.82, 2.24) is 0 Å². The number of hydrogen-bond donors (Lipinski definition) is 0. The van der Waals surface area contributed by atoms with E-state index in [0.29, 0.717) is 0 Å². The van der Waals surface area contributed by atoms with Gasteiger partial charge in [0.05, 0.1) is 0 Å². The fourth-order valence-corrected chi connectivity index (χ4v) is 4.81. The lowest BCUT2D eigenvalue weighted by Crippen LogP contribution is -3.61. The van der Waals surface area contributed by atoms with E-state index in [1.54, 1.807) is 0 Å². The molecule has 0 unspecified atom stereocenters. The molecule has 0 amide bonds. The largest absolute Gasteiger partial charge is 1.00 e. The van der Waals surface area contributed by atoms with E-state index in [-0.39, 0.29) is 33.6 Å². The first-order valence-corrected chi connectivity index (χ1v) is 7.61. The Morgan fingerprint density at radius 1 is 1.07 bits per heavy atom. The lowest BCUT2D eigenvalue weighted by atomic mass is 10.4. The quantitative estimate of drug-likeness (QED) is 0.494. The van der Waals surface area contributed by atoms with Crippen LogP contribution in [-0.4, -0.2) is 0 Å². The van der Waals surface area contributed by atoms with E-state index in [2.05, 4.69) is 57.7 Å². The van der Waals surface area contributed by atoms with Gasteiger partial charge in [-0.1, -0.05) is 27.3 Å². The van der Waals surface area contributed by atoms with Crippen LogP contribution in [-0.2, 0) is 0 Å². The fraction of sp³-hybridized carbons (Fsp3) is 0. The Balaban J connectivity index is 0.000000980. The Morgan fingerprint density at radius 3 is 2.36 bits per heavy atom. The molecular weight excluding hydrogens is 394 g/mol. The van der Waals surface area contributed by atoms with E-state index in [1.807, 2.05) is 11.3 Å². The van der Waals surface area contributed by atoms with Gasteiger partial charge in [0.15, 0.2) is 3.57 Å². The minimum atomic E-state index is 0. The Morgan fingerprint density at radius 2 is 1.79 bits per heavy atom. The van der Waals surface area contributed by atoms with Crippen LogP contribution >= 0.6 is 27.3 Å². The molecule has 0 aliphatic rings. The topological polar surface area (TPSA) is 0 Å². The van der Waals surface area contributed by atoms with Crippen LogP contribution in [0.25, 0.3) is 0 Å². The lowest BCUT2D eigenvalue weighted by molar-refractivity contribution is -0.591. The molecular formula is C10H7BrClIS. The van der Waals surface area contributed by atoms with E-state index in [9.17, 15) is 0 Å². The van der Waals surface area contributed by atoms with Crippen molar-refractivity contribution in [3.8, 4) is 0 Å².